The van der Waals surface area contributed by atoms with Crippen molar-refractivity contribution in [2.24, 2.45) is 11.7 Å². The third-order valence-electron chi connectivity index (χ3n) is 4.28. The lowest BCUT2D eigenvalue weighted by atomic mass is 9.94. The quantitative estimate of drug-likeness (QED) is 0.898. The highest BCUT2D eigenvalue weighted by molar-refractivity contribution is 5.55. The highest BCUT2D eigenvalue weighted by Crippen LogP contribution is 2.40. The largest absolute Gasteiger partial charge is 0.493 e. The zero-order valence-electron chi connectivity index (χ0n) is 13.4. The molecule has 2 rings (SSSR count). The zero-order valence-corrected chi connectivity index (χ0v) is 13.4. The summed E-state index contributed by atoms with van der Waals surface area (Å²) in [6.07, 6.45) is 1.14. The van der Waals surface area contributed by atoms with Crippen molar-refractivity contribution < 1.29 is 14.2 Å². The number of nitrogens with zero attached hydrogens (tertiary/aromatic N) is 1. The molecule has 0 aromatic heterocycles. The van der Waals surface area contributed by atoms with Crippen molar-refractivity contribution in [3.05, 3.63) is 17.7 Å². The first-order chi connectivity index (χ1) is 10.1. The first kappa shape index (κ1) is 15.9. The maximum Gasteiger partial charge on any atom is 0.203 e. The lowest BCUT2D eigenvalue weighted by molar-refractivity contribution is 0.160. The van der Waals surface area contributed by atoms with Gasteiger partial charge in [-0.25, -0.2) is 0 Å². The molecule has 0 radical (unpaired) electrons. The van der Waals surface area contributed by atoms with Gasteiger partial charge in [-0.2, -0.15) is 0 Å². The number of methoxy groups -OCH3 is 3. The minimum Gasteiger partial charge on any atom is -0.493 e. The summed E-state index contributed by atoms with van der Waals surface area (Å²) in [6, 6.07) is 4.19. The van der Waals surface area contributed by atoms with Crippen LogP contribution in [0.25, 0.3) is 0 Å². The summed E-state index contributed by atoms with van der Waals surface area (Å²) in [5, 5.41) is 0. The third-order valence-corrected chi connectivity index (χ3v) is 4.28. The van der Waals surface area contributed by atoms with Gasteiger partial charge in [-0.15, -0.1) is 0 Å². The molecule has 1 aliphatic rings. The molecule has 1 saturated heterocycles. The summed E-state index contributed by atoms with van der Waals surface area (Å²) in [5.74, 6) is 2.66. The minimum atomic E-state index is 0.241. The maximum atomic E-state index is 6.18. The van der Waals surface area contributed by atoms with Crippen molar-refractivity contribution in [3.8, 4) is 17.2 Å². The summed E-state index contributed by atoms with van der Waals surface area (Å²) >= 11 is 0. The molecule has 1 aliphatic heterocycles. The number of ether oxygens (including phenoxy) is 3. The minimum absolute atomic E-state index is 0.241. The predicted octanol–water partition coefficient (Wildman–Crippen LogP) is 1.88. The molecule has 0 saturated carbocycles. The van der Waals surface area contributed by atoms with Crippen LogP contribution in [0.15, 0.2) is 12.1 Å². The highest BCUT2D eigenvalue weighted by Gasteiger charge is 2.25. The number of piperidine rings is 1. The van der Waals surface area contributed by atoms with Crippen molar-refractivity contribution in [2.75, 3.05) is 34.4 Å². The van der Waals surface area contributed by atoms with Crippen LogP contribution in [-0.4, -0.2) is 45.4 Å². The van der Waals surface area contributed by atoms with Gasteiger partial charge in [0.15, 0.2) is 11.5 Å². The molecule has 0 amide bonds. The molecular weight excluding hydrogens is 268 g/mol. The molecule has 2 unspecified atom stereocenters. The van der Waals surface area contributed by atoms with Crippen molar-refractivity contribution in [2.45, 2.75) is 25.9 Å². The Kier molecular flexibility index (Phi) is 5.31. The van der Waals surface area contributed by atoms with Gasteiger partial charge in [0.25, 0.3) is 0 Å². The molecule has 2 atom stereocenters. The number of rotatable bonds is 5. The van der Waals surface area contributed by atoms with Crippen LogP contribution in [0, 0.1) is 5.92 Å². The average Bonchev–Trinajstić information content (AvgIpc) is 2.50. The normalized spacial score (nSPS) is 22.9. The first-order valence-corrected chi connectivity index (χ1v) is 7.36. The summed E-state index contributed by atoms with van der Waals surface area (Å²) < 4.78 is 16.3. The van der Waals surface area contributed by atoms with Crippen LogP contribution in [-0.2, 0) is 6.54 Å². The van der Waals surface area contributed by atoms with E-state index in [0.717, 1.165) is 37.4 Å². The van der Waals surface area contributed by atoms with E-state index in [1.165, 1.54) is 0 Å². The fourth-order valence-electron chi connectivity index (χ4n) is 2.84. The summed E-state index contributed by atoms with van der Waals surface area (Å²) in [4.78, 5) is 2.37. The lowest BCUT2D eigenvalue weighted by Gasteiger charge is -2.35. The Morgan fingerprint density at radius 1 is 1.14 bits per heavy atom. The van der Waals surface area contributed by atoms with E-state index < -0.39 is 0 Å². The summed E-state index contributed by atoms with van der Waals surface area (Å²) in [6.45, 7) is 5.01. The number of nitrogens with two attached hydrogens (primary N) is 1. The molecule has 0 bridgehead atoms. The summed E-state index contributed by atoms with van der Waals surface area (Å²) in [5.41, 5.74) is 7.27. The van der Waals surface area contributed by atoms with Crippen LogP contribution < -0.4 is 19.9 Å². The Labute approximate surface area is 127 Å². The molecule has 2 N–H and O–H groups in total. The predicted molar refractivity (Wildman–Crippen MR) is 83.1 cm³/mol. The number of likely N-dealkylation sites (tertiary alicyclic amines) is 1. The van der Waals surface area contributed by atoms with Gasteiger partial charge in [0.1, 0.15) is 0 Å². The van der Waals surface area contributed by atoms with Gasteiger partial charge in [0, 0.05) is 24.7 Å². The topological polar surface area (TPSA) is 57.0 Å². The van der Waals surface area contributed by atoms with Gasteiger partial charge in [0.05, 0.1) is 21.3 Å². The fourth-order valence-corrected chi connectivity index (χ4v) is 2.84. The Morgan fingerprint density at radius 2 is 1.86 bits per heavy atom. The molecule has 1 heterocycles. The van der Waals surface area contributed by atoms with E-state index in [1.807, 2.05) is 12.1 Å². The van der Waals surface area contributed by atoms with E-state index in [9.17, 15) is 0 Å². The molecule has 5 nitrogen and oxygen atoms in total. The van der Waals surface area contributed by atoms with Gasteiger partial charge in [0.2, 0.25) is 5.75 Å². The van der Waals surface area contributed by atoms with Gasteiger partial charge in [-0.1, -0.05) is 13.0 Å². The Balaban J connectivity index is 2.20. The number of hydrogen-bond acceptors (Lipinski definition) is 5. The van der Waals surface area contributed by atoms with Crippen molar-refractivity contribution in [3.63, 3.8) is 0 Å². The second-order valence-electron chi connectivity index (χ2n) is 5.66. The van der Waals surface area contributed by atoms with E-state index >= 15 is 0 Å². The van der Waals surface area contributed by atoms with Gasteiger partial charge in [-0.3, -0.25) is 4.90 Å². The number of benzene rings is 1. The Hall–Kier alpha value is -1.46. The van der Waals surface area contributed by atoms with Crippen LogP contribution in [0.2, 0.25) is 0 Å². The first-order valence-electron chi connectivity index (χ1n) is 7.36. The highest BCUT2D eigenvalue weighted by atomic mass is 16.5. The van der Waals surface area contributed by atoms with Crippen LogP contribution in [0.1, 0.15) is 18.9 Å². The fraction of sp³-hybridized carbons (Fsp3) is 0.625. The SMILES string of the molecule is COc1ccc(CN2CCC(C)C(N)C2)c(OC)c1OC. The van der Waals surface area contributed by atoms with Crippen molar-refractivity contribution in [1.82, 2.24) is 4.90 Å². The maximum absolute atomic E-state index is 6.18. The number of hydrogen-bond donors (Lipinski definition) is 1. The van der Waals surface area contributed by atoms with Crippen LogP contribution in [0.3, 0.4) is 0 Å². The van der Waals surface area contributed by atoms with Crippen molar-refractivity contribution in [1.29, 1.82) is 0 Å². The standard InChI is InChI=1S/C16H26N2O3/c1-11-7-8-18(10-13(11)17)9-12-5-6-14(19-2)16(21-4)15(12)20-3/h5-6,11,13H,7-10,17H2,1-4H3. The molecule has 21 heavy (non-hydrogen) atoms. The smallest absolute Gasteiger partial charge is 0.203 e. The Bertz CT molecular complexity index is 479. The average molecular weight is 294 g/mol. The Morgan fingerprint density at radius 3 is 2.43 bits per heavy atom. The molecule has 5 heteroatoms. The molecular formula is C16H26N2O3. The third kappa shape index (κ3) is 3.41. The van der Waals surface area contributed by atoms with Crippen LogP contribution in [0.5, 0.6) is 17.2 Å². The van der Waals surface area contributed by atoms with Gasteiger partial charge in [-0.05, 0) is 24.9 Å². The molecule has 1 fully saturated rings. The second kappa shape index (κ2) is 7.00. The van der Waals surface area contributed by atoms with Gasteiger partial charge >= 0.3 is 0 Å². The molecule has 0 spiro atoms. The molecule has 118 valence electrons. The van der Waals surface area contributed by atoms with E-state index in [2.05, 4.69) is 11.8 Å². The van der Waals surface area contributed by atoms with Gasteiger partial charge < -0.3 is 19.9 Å². The van der Waals surface area contributed by atoms with Crippen LogP contribution >= 0.6 is 0 Å². The molecule has 1 aromatic carbocycles. The monoisotopic (exact) mass is 294 g/mol. The van der Waals surface area contributed by atoms with E-state index in [4.69, 9.17) is 19.9 Å². The lowest BCUT2D eigenvalue weighted by Crippen LogP contribution is -2.47. The van der Waals surface area contributed by atoms with Crippen molar-refractivity contribution >= 4 is 0 Å². The summed E-state index contributed by atoms with van der Waals surface area (Å²) in [7, 11) is 4.91. The van der Waals surface area contributed by atoms with Crippen LogP contribution in [0.4, 0.5) is 0 Å². The van der Waals surface area contributed by atoms with E-state index in [0.29, 0.717) is 17.4 Å². The van der Waals surface area contributed by atoms with E-state index in [1.54, 1.807) is 21.3 Å². The second-order valence-corrected chi connectivity index (χ2v) is 5.66. The zero-order chi connectivity index (χ0) is 15.4. The van der Waals surface area contributed by atoms with E-state index in [-0.39, 0.29) is 6.04 Å². The molecule has 0 aliphatic carbocycles. The molecule has 1 aromatic rings.